The van der Waals surface area contributed by atoms with Gasteiger partial charge in [0.1, 0.15) is 5.56 Å². The van der Waals surface area contributed by atoms with Gasteiger partial charge in [0.05, 0.1) is 6.10 Å². The number of carboxylic acids is 1. The van der Waals surface area contributed by atoms with Crippen molar-refractivity contribution in [1.82, 2.24) is 4.98 Å². The number of nitrogens with zero attached hydrogens (tertiary/aromatic N) is 1. The fourth-order valence-corrected chi connectivity index (χ4v) is 2.35. The van der Waals surface area contributed by atoms with E-state index in [1.807, 2.05) is 6.92 Å². The first-order valence-corrected chi connectivity index (χ1v) is 6.54. The molecular formula is C14H19NO3. The summed E-state index contributed by atoms with van der Waals surface area (Å²) >= 11 is 0. The molecule has 0 bridgehead atoms. The Bertz CT molecular complexity index is 457. The highest BCUT2D eigenvalue weighted by Gasteiger charge is 2.21. The van der Waals surface area contributed by atoms with Crippen LogP contribution in [0, 0.1) is 0 Å². The molecule has 1 heterocycles. The van der Waals surface area contributed by atoms with Crippen molar-refractivity contribution in [2.24, 2.45) is 0 Å². The number of hydrogen-bond donors (Lipinski definition) is 1. The van der Waals surface area contributed by atoms with E-state index in [0.29, 0.717) is 0 Å². The van der Waals surface area contributed by atoms with Gasteiger partial charge in [-0.05, 0) is 44.2 Å². The monoisotopic (exact) mass is 249 g/mol. The third kappa shape index (κ3) is 2.63. The zero-order chi connectivity index (χ0) is 13.1. The van der Waals surface area contributed by atoms with Crippen LogP contribution in [0.1, 0.15) is 54.7 Å². The first-order valence-electron chi connectivity index (χ1n) is 6.54. The van der Waals surface area contributed by atoms with E-state index < -0.39 is 5.97 Å². The second-order valence-corrected chi connectivity index (χ2v) is 4.82. The molecule has 1 unspecified atom stereocenters. The Morgan fingerprint density at radius 2 is 2.33 bits per heavy atom. The maximum atomic E-state index is 11.2. The molecule has 4 heteroatoms. The van der Waals surface area contributed by atoms with Crippen molar-refractivity contribution in [3.8, 4) is 5.88 Å². The summed E-state index contributed by atoms with van der Waals surface area (Å²) in [6, 6.07) is 1.73. The zero-order valence-electron chi connectivity index (χ0n) is 10.9. The molecule has 1 aliphatic rings. The highest BCUT2D eigenvalue weighted by molar-refractivity contribution is 5.90. The van der Waals surface area contributed by atoms with Crippen LogP contribution in [0.2, 0.25) is 0 Å². The smallest absolute Gasteiger partial charge is 0.341 e. The largest absolute Gasteiger partial charge is 0.477 e. The van der Waals surface area contributed by atoms with Gasteiger partial charge in [-0.3, -0.25) is 0 Å². The molecule has 1 N–H and O–H groups in total. The van der Waals surface area contributed by atoms with Crippen LogP contribution in [0.4, 0.5) is 0 Å². The summed E-state index contributed by atoms with van der Waals surface area (Å²) in [5.74, 6) is -0.681. The van der Waals surface area contributed by atoms with Gasteiger partial charge in [0.25, 0.3) is 0 Å². The summed E-state index contributed by atoms with van der Waals surface area (Å²) in [4.78, 5) is 15.6. The Kier molecular flexibility index (Phi) is 3.84. The molecule has 0 aromatic carbocycles. The predicted molar refractivity (Wildman–Crippen MR) is 68.2 cm³/mol. The first kappa shape index (κ1) is 12.9. The molecule has 1 aliphatic carbocycles. The standard InChI is InChI=1S/C14H19NO3/c1-3-5-9(2)18-13-11(14(16)17)8-10-6-4-7-12(10)15-13/h8-9H,3-7H2,1-2H3,(H,16,17). The number of fused-ring (bicyclic) bond motifs is 1. The van der Waals surface area contributed by atoms with Crippen LogP contribution in [-0.4, -0.2) is 22.2 Å². The minimum absolute atomic E-state index is 0.0000491. The first-order chi connectivity index (χ1) is 8.61. The average Bonchev–Trinajstić information content (AvgIpc) is 2.74. The van der Waals surface area contributed by atoms with Crippen LogP contribution in [-0.2, 0) is 12.8 Å². The fraction of sp³-hybridized carbons (Fsp3) is 0.571. The van der Waals surface area contributed by atoms with Crippen LogP contribution in [0.25, 0.3) is 0 Å². The summed E-state index contributed by atoms with van der Waals surface area (Å²) in [7, 11) is 0. The van der Waals surface area contributed by atoms with Gasteiger partial charge in [-0.1, -0.05) is 13.3 Å². The van der Waals surface area contributed by atoms with Crippen LogP contribution in [0.3, 0.4) is 0 Å². The number of carboxylic acid groups (broad SMARTS) is 1. The lowest BCUT2D eigenvalue weighted by molar-refractivity contribution is 0.0687. The van der Waals surface area contributed by atoms with E-state index in [9.17, 15) is 9.90 Å². The van der Waals surface area contributed by atoms with E-state index in [4.69, 9.17) is 4.74 Å². The summed E-state index contributed by atoms with van der Waals surface area (Å²) in [5.41, 5.74) is 2.25. The topological polar surface area (TPSA) is 59.4 Å². The molecule has 98 valence electrons. The van der Waals surface area contributed by atoms with Crippen LogP contribution < -0.4 is 4.74 Å². The van der Waals surface area contributed by atoms with Crippen molar-refractivity contribution in [2.45, 2.75) is 52.1 Å². The van der Waals surface area contributed by atoms with Gasteiger partial charge >= 0.3 is 5.97 Å². The zero-order valence-corrected chi connectivity index (χ0v) is 10.9. The Labute approximate surface area is 107 Å². The van der Waals surface area contributed by atoms with E-state index in [2.05, 4.69) is 11.9 Å². The third-order valence-electron chi connectivity index (χ3n) is 3.25. The van der Waals surface area contributed by atoms with Crippen LogP contribution >= 0.6 is 0 Å². The van der Waals surface area contributed by atoms with E-state index >= 15 is 0 Å². The number of ether oxygens (including phenoxy) is 1. The summed E-state index contributed by atoms with van der Waals surface area (Å²) in [6.45, 7) is 4.03. The normalized spacial score (nSPS) is 15.2. The molecule has 1 atom stereocenters. The molecular weight excluding hydrogens is 230 g/mol. The highest BCUT2D eigenvalue weighted by Crippen LogP contribution is 2.27. The molecule has 1 aromatic rings. The van der Waals surface area contributed by atoms with Crippen molar-refractivity contribution >= 4 is 5.97 Å². The Morgan fingerprint density at radius 3 is 3.00 bits per heavy atom. The van der Waals surface area contributed by atoms with Gasteiger partial charge in [0.15, 0.2) is 0 Å². The highest BCUT2D eigenvalue weighted by atomic mass is 16.5. The van der Waals surface area contributed by atoms with E-state index in [-0.39, 0.29) is 17.5 Å². The lowest BCUT2D eigenvalue weighted by atomic mass is 10.1. The molecule has 0 amide bonds. The van der Waals surface area contributed by atoms with E-state index in [0.717, 1.165) is 43.4 Å². The van der Waals surface area contributed by atoms with Gasteiger partial charge in [0, 0.05) is 5.69 Å². The van der Waals surface area contributed by atoms with Gasteiger partial charge in [0.2, 0.25) is 5.88 Å². The van der Waals surface area contributed by atoms with Gasteiger partial charge < -0.3 is 9.84 Å². The quantitative estimate of drug-likeness (QED) is 0.871. The molecule has 0 radical (unpaired) electrons. The van der Waals surface area contributed by atoms with Crippen molar-refractivity contribution in [1.29, 1.82) is 0 Å². The maximum absolute atomic E-state index is 11.2. The van der Waals surface area contributed by atoms with E-state index in [1.54, 1.807) is 6.07 Å². The Morgan fingerprint density at radius 1 is 1.56 bits per heavy atom. The van der Waals surface area contributed by atoms with E-state index in [1.165, 1.54) is 0 Å². The number of hydrogen-bond acceptors (Lipinski definition) is 3. The number of carbonyl (C=O) groups is 1. The number of aryl methyl sites for hydroxylation is 2. The average molecular weight is 249 g/mol. The van der Waals surface area contributed by atoms with Crippen molar-refractivity contribution in [3.05, 3.63) is 22.9 Å². The molecule has 18 heavy (non-hydrogen) atoms. The molecule has 1 aromatic heterocycles. The van der Waals surface area contributed by atoms with Crippen molar-refractivity contribution in [2.75, 3.05) is 0 Å². The number of aromatic carboxylic acids is 1. The fourth-order valence-electron chi connectivity index (χ4n) is 2.35. The lowest BCUT2D eigenvalue weighted by Crippen LogP contribution is -2.15. The minimum Gasteiger partial charge on any atom is -0.477 e. The predicted octanol–water partition coefficient (Wildman–Crippen LogP) is 2.84. The number of rotatable bonds is 5. The summed E-state index contributed by atoms with van der Waals surface area (Å²) < 4.78 is 5.68. The number of pyridine rings is 1. The SMILES string of the molecule is CCCC(C)Oc1nc2c(cc1C(=O)O)CCC2. The Hall–Kier alpha value is -1.58. The molecule has 0 saturated carbocycles. The van der Waals surface area contributed by atoms with Crippen LogP contribution in [0.5, 0.6) is 5.88 Å². The molecule has 0 fully saturated rings. The summed E-state index contributed by atoms with van der Waals surface area (Å²) in [6.07, 6.45) is 4.81. The van der Waals surface area contributed by atoms with Crippen LogP contribution in [0.15, 0.2) is 6.07 Å². The molecule has 0 aliphatic heterocycles. The second-order valence-electron chi connectivity index (χ2n) is 4.82. The van der Waals surface area contributed by atoms with Gasteiger partial charge in [-0.2, -0.15) is 0 Å². The van der Waals surface area contributed by atoms with Crippen molar-refractivity contribution < 1.29 is 14.6 Å². The van der Waals surface area contributed by atoms with Gasteiger partial charge in [-0.25, -0.2) is 9.78 Å². The second kappa shape index (κ2) is 5.38. The Balaban J connectivity index is 2.29. The molecule has 0 spiro atoms. The maximum Gasteiger partial charge on any atom is 0.341 e. The molecule has 0 saturated heterocycles. The van der Waals surface area contributed by atoms with Gasteiger partial charge in [-0.15, -0.1) is 0 Å². The molecule has 2 rings (SSSR count). The number of aromatic nitrogens is 1. The van der Waals surface area contributed by atoms with Crippen molar-refractivity contribution in [3.63, 3.8) is 0 Å². The lowest BCUT2D eigenvalue weighted by Gasteiger charge is -2.15. The molecule has 4 nitrogen and oxygen atoms in total. The third-order valence-corrected chi connectivity index (χ3v) is 3.25. The minimum atomic E-state index is -0.962. The summed E-state index contributed by atoms with van der Waals surface area (Å²) in [5, 5.41) is 9.22.